The van der Waals surface area contributed by atoms with E-state index in [1.807, 2.05) is 4.40 Å². The van der Waals surface area contributed by atoms with Crippen molar-refractivity contribution in [2.24, 2.45) is 23.7 Å². The maximum absolute atomic E-state index is 6.72. The summed E-state index contributed by atoms with van der Waals surface area (Å²) >= 11 is 0. The molecular formula is C19H23N3O. The monoisotopic (exact) mass is 309 g/mol. The molecule has 0 N–H and O–H groups in total. The Morgan fingerprint density at radius 1 is 1.00 bits per heavy atom. The molecule has 4 heteroatoms. The average Bonchev–Trinajstić information content (AvgIpc) is 3.28. The molecule has 23 heavy (non-hydrogen) atoms. The minimum absolute atomic E-state index is 0.450. The van der Waals surface area contributed by atoms with E-state index in [-0.39, 0.29) is 0 Å². The first-order chi connectivity index (χ1) is 11.3. The van der Waals surface area contributed by atoms with Crippen LogP contribution in [0.4, 0.5) is 0 Å². The number of ether oxygens (including phenoxy) is 1. The minimum Gasteiger partial charge on any atom is -0.489 e. The van der Waals surface area contributed by atoms with E-state index in [1.165, 1.54) is 50.5 Å². The number of aromatic nitrogens is 3. The normalized spacial score (nSPS) is 38.3. The highest BCUT2D eigenvalue weighted by Gasteiger charge is 2.49. The van der Waals surface area contributed by atoms with Gasteiger partial charge in [-0.1, -0.05) is 0 Å². The summed E-state index contributed by atoms with van der Waals surface area (Å²) in [5.74, 6) is 5.39. The lowest BCUT2D eigenvalue weighted by Gasteiger charge is -2.53. The molecule has 0 atom stereocenters. The summed E-state index contributed by atoms with van der Waals surface area (Å²) in [4.78, 5) is 0. The molecule has 4 nitrogen and oxygen atoms in total. The largest absolute Gasteiger partial charge is 0.489 e. The van der Waals surface area contributed by atoms with Crippen molar-refractivity contribution in [3.8, 4) is 5.75 Å². The van der Waals surface area contributed by atoms with Crippen molar-refractivity contribution in [2.75, 3.05) is 0 Å². The molecule has 0 spiro atoms. The molecular weight excluding hydrogens is 286 g/mol. The average molecular weight is 309 g/mol. The summed E-state index contributed by atoms with van der Waals surface area (Å²) in [5.41, 5.74) is 2.29. The van der Waals surface area contributed by atoms with Crippen LogP contribution in [0.2, 0.25) is 0 Å². The summed E-state index contributed by atoms with van der Waals surface area (Å²) < 4.78 is 8.76. The summed E-state index contributed by atoms with van der Waals surface area (Å²) in [6.45, 7) is 0. The van der Waals surface area contributed by atoms with E-state index in [0.29, 0.717) is 12.0 Å². The third-order valence-electron chi connectivity index (χ3n) is 6.84. The highest BCUT2D eigenvalue weighted by molar-refractivity contribution is 5.49. The van der Waals surface area contributed by atoms with Gasteiger partial charge in [-0.2, -0.15) is 0 Å². The smallest absolute Gasteiger partial charge is 0.164 e. The van der Waals surface area contributed by atoms with Gasteiger partial charge in [-0.05, 0) is 74.5 Å². The molecule has 2 aromatic rings. The summed E-state index contributed by atoms with van der Waals surface area (Å²) in [5, 5.41) is 8.26. The zero-order chi connectivity index (χ0) is 15.0. The number of rotatable bonds is 3. The fourth-order valence-electron chi connectivity index (χ4n) is 5.89. The highest BCUT2D eigenvalue weighted by atomic mass is 16.5. The first-order valence-electron chi connectivity index (χ1n) is 9.33. The number of hydrogen-bond acceptors (Lipinski definition) is 3. The number of fused-ring (bicyclic) bond motifs is 1. The van der Waals surface area contributed by atoms with Crippen molar-refractivity contribution in [3.63, 3.8) is 0 Å². The number of nitrogens with zero attached hydrogens (tertiary/aromatic N) is 3. The lowest BCUT2D eigenvalue weighted by atomic mass is 9.55. The Kier molecular flexibility index (Phi) is 2.50. The molecule has 120 valence electrons. The predicted octanol–water partition coefficient (Wildman–Crippen LogP) is 3.81. The van der Waals surface area contributed by atoms with Crippen LogP contribution in [0.3, 0.4) is 0 Å². The van der Waals surface area contributed by atoms with Gasteiger partial charge >= 0.3 is 0 Å². The van der Waals surface area contributed by atoms with Crippen LogP contribution in [0, 0.1) is 23.7 Å². The van der Waals surface area contributed by atoms with E-state index < -0.39 is 0 Å². The standard InChI is InChI=1S/C19H23N3O/c1-2-13(1)16-9-22-10-20-21-18(22)8-17(16)23-19-14-4-11-3-12(6-14)7-15(19)5-11/h8-15,19H,1-7H2/t11-,12-,14-,15+,19?. The molecule has 2 heterocycles. The van der Waals surface area contributed by atoms with Crippen molar-refractivity contribution in [1.29, 1.82) is 0 Å². The van der Waals surface area contributed by atoms with Gasteiger partial charge in [-0.3, -0.25) is 4.40 Å². The second-order valence-corrected chi connectivity index (χ2v) is 8.48. The Hall–Kier alpha value is -1.58. The molecule has 0 saturated heterocycles. The van der Waals surface area contributed by atoms with Crippen LogP contribution in [0.15, 0.2) is 18.6 Å². The van der Waals surface area contributed by atoms with Crippen LogP contribution in [-0.2, 0) is 0 Å². The van der Waals surface area contributed by atoms with Gasteiger partial charge in [0, 0.05) is 17.8 Å². The molecule has 0 unspecified atom stereocenters. The second-order valence-electron chi connectivity index (χ2n) is 8.48. The minimum atomic E-state index is 0.450. The zero-order valence-electron chi connectivity index (χ0n) is 13.4. The van der Waals surface area contributed by atoms with Gasteiger partial charge in [-0.15, -0.1) is 10.2 Å². The molecule has 0 amide bonds. The molecule has 7 rings (SSSR count). The van der Waals surface area contributed by atoms with Gasteiger partial charge < -0.3 is 4.74 Å². The molecule has 5 saturated carbocycles. The summed E-state index contributed by atoms with van der Waals surface area (Å²) in [7, 11) is 0. The van der Waals surface area contributed by atoms with Gasteiger partial charge in [0.2, 0.25) is 0 Å². The third kappa shape index (κ3) is 1.96. The Labute approximate surface area is 136 Å². The van der Waals surface area contributed by atoms with Crippen LogP contribution in [0.25, 0.3) is 5.65 Å². The van der Waals surface area contributed by atoms with Crippen LogP contribution in [0.5, 0.6) is 5.75 Å². The molecule has 0 radical (unpaired) electrons. The van der Waals surface area contributed by atoms with Gasteiger partial charge in [-0.25, -0.2) is 0 Å². The lowest BCUT2D eigenvalue weighted by molar-refractivity contribution is -0.0792. The quantitative estimate of drug-likeness (QED) is 0.865. The third-order valence-corrected chi connectivity index (χ3v) is 6.84. The van der Waals surface area contributed by atoms with Crippen LogP contribution < -0.4 is 4.74 Å². The number of hydrogen-bond donors (Lipinski definition) is 0. The summed E-state index contributed by atoms with van der Waals surface area (Å²) in [6, 6.07) is 2.13. The van der Waals surface area contributed by atoms with Crippen molar-refractivity contribution in [3.05, 3.63) is 24.2 Å². The molecule has 2 aromatic heterocycles. The van der Waals surface area contributed by atoms with Crippen LogP contribution in [0.1, 0.15) is 56.4 Å². The maximum Gasteiger partial charge on any atom is 0.164 e. The highest BCUT2D eigenvalue weighted by Crippen LogP contribution is 2.55. The molecule has 5 fully saturated rings. The van der Waals surface area contributed by atoms with E-state index in [1.54, 1.807) is 6.33 Å². The molecule has 0 aromatic carbocycles. The lowest BCUT2D eigenvalue weighted by Crippen LogP contribution is -2.50. The second kappa shape index (κ2) is 4.49. The molecule has 5 aliphatic carbocycles. The fourth-order valence-corrected chi connectivity index (χ4v) is 5.89. The van der Waals surface area contributed by atoms with Crippen LogP contribution >= 0.6 is 0 Å². The van der Waals surface area contributed by atoms with E-state index in [4.69, 9.17) is 4.74 Å². The van der Waals surface area contributed by atoms with E-state index in [2.05, 4.69) is 22.5 Å². The summed E-state index contributed by atoms with van der Waals surface area (Å²) in [6.07, 6.45) is 14.2. The Morgan fingerprint density at radius 3 is 2.43 bits per heavy atom. The van der Waals surface area contributed by atoms with Crippen molar-refractivity contribution < 1.29 is 4.74 Å². The zero-order valence-corrected chi connectivity index (χ0v) is 13.4. The SMILES string of the molecule is c1c(OC2[C@H]3C[C@H]4C[C@H](C3)C[C@H]2C4)c(C2CC2)cn2cnnc12. The maximum atomic E-state index is 6.72. The number of pyridine rings is 1. The fraction of sp³-hybridized carbons (Fsp3) is 0.684. The van der Waals surface area contributed by atoms with Crippen molar-refractivity contribution in [2.45, 2.75) is 57.0 Å². The van der Waals surface area contributed by atoms with E-state index in [9.17, 15) is 0 Å². The van der Waals surface area contributed by atoms with Crippen molar-refractivity contribution in [1.82, 2.24) is 14.6 Å². The predicted molar refractivity (Wildman–Crippen MR) is 86.4 cm³/mol. The van der Waals surface area contributed by atoms with Crippen molar-refractivity contribution >= 4 is 5.65 Å². The van der Waals surface area contributed by atoms with Gasteiger partial charge in [0.25, 0.3) is 0 Å². The van der Waals surface area contributed by atoms with Crippen LogP contribution in [-0.4, -0.2) is 20.7 Å². The Bertz CT molecular complexity index is 735. The Morgan fingerprint density at radius 2 is 1.74 bits per heavy atom. The molecule has 5 aliphatic rings. The van der Waals surface area contributed by atoms with Gasteiger partial charge in [0.15, 0.2) is 5.65 Å². The first-order valence-corrected chi connectivity index (χ1v) is 9.33. The van der Waals surface area contributed by atoms with E-state index in [0.717, 1.165) is 35.1 Å². The van der Waals surface area contributed by atoms with Gasteiger partial charge in [0.1, 0.15) is 18.2 Å². The Balaban J connectivity index is 1.37. The van der Waals surface area contributed by atoms with E-state index >= 15 is 0 Å². The first kappa shape index (κ1) is 12.8. The topological polar surface area (TPSA) is 39.4 Å². The molecule has 4 bridgehead atoms. The van der Waals surface area contributed by atoms with Gasteiger partial charge in [0.05, 0.1) is 0 Å². The molecule has 0 aliphatic heterocycles.